The van der Waals surface area contributed by atoms with Crippen LogP contribution in [0.4, 0.5) is 10.9 Å². The van der Waals surface area contributed by atoms with Crippen LogP contribution >= 0.6 is 11.3 Å². The second-order valence-corrected chi connectivity index (χ2v) is 7.42. The number of aromatic nitrogens is 4. The Kier molecular flexibility index (Phi) is 4.01. The van der Waals surface area contributed by atoms with E-state index in [2.05, 4.69) is 38.7 Å². The van der Waals surface area contributed by atoms with Gasteiger partial charge in [-0.3, -0.25) is 0 Å². The number of nitrogens with zero attached hydrogens (tertiary/aromatic N) is 5. The molecule has 0 bridgehead atoms. The molecule has 3 aromatic rings. The second kappa shape index (κ2) is 6.18. The highest BCUT2D eigenvalue weighted by atomic mass is 32.1. The van der Waals surface area contributed by atoms with Gasteiger partial charge in [0.15, 0.2) is 16.6 Å². The van der Waals surface area contributed by atoms with E-state index in [0.29, 0.717) is 5.82 Å². The van der Waals surface area contributed by atoms with E-state index in [-0.39, 0.29) is 0 Å². The molecular weight excluding hydrogens is 322 g/mol. The molecular formula is C16H23N7S. The number of anilines is 2. The van der Waals surface area contributed by atoms with Crippen molar-refractivity contribution in [3.05, 3.63) is 5.82 Å². The van der Waals surface area contributed by atoms with Crippen molar-refractivity contribution >= 4 is 43.7 Å². The van der Waals surface area contributed by atoms with Gasteiger partial charge in [-0.15, -0.1) is 0 Å². The summed E-state index contributed by atoms with van der Waals surface area (Å²) in [4.78, 5) is 22.0. The highest BCUT2D eigenvalue weighted by Crippen LogP contribution is 2.34. The van der Waals surface area contributed by atoms with Crippen molar-refractivity contribution in [3.8, 4) is 0 Å². The molecule has 0 unspecified atom stereocenters. The van der Waals surface area contributed by atoms with Gasteiger partial charge in [-0.25, -0.2) is 9.97 Å². The summed E-state index contributed by atoms with van der Waals surface area (Å²) < 4.78 is 1.06. The van der Waals surface area contributed by atoms with Crippen molar-refractivity contribution < 1.29 is 0 Å². The normalized spacial score (nSPS) is 16.5. The van der Waals surface area contributed by atoms with Crippen LogP contribution in [0.25, 0.3) is 21.4 Å². The smallest absolute Gasteiger partial charge is 0.188 e. The quantitative estimate of drug-likeness (QED) is 0.754. The maximum absolute atomic E-state index is 6.12. The first kappa shape index (κ1) is 15.6. The third-order valence-corrected chi connectivity index (χ3v) is 5.71. The van der Waals surface area contributed by atoms with Crippen molar-refractivity contribution in [2.75, 3.05) is 43.9 Å². The van der Waals surface area contributed by atoms with E-state index >= 15 is 0 Å². The number of aryl methyl sites for hydroxylation is 1. The number of H-pyrrole nitrogens is 1. The average molecular weight is 345 g/mol. The number of thiazole rings is 1. The Morgan fingerprint density at radius 2 is 1.96 bits per heavy atom. The summed E-state index contributed by atoms with van der Waals surface area (Å²) in [5, 5.41) is 1.03. The molecule has 4 rings (SSSR count). The zero-order chi connectivity index (χ0) is 16.7. The van der Waals surface area contributed by atoms with Gasteiger partial charge in [0.2, 0.25) is 0 Å². The average Bonchev–Trinajstić information content (AvgIpc) is 3.17. The number of likely N-dealkylation sites (N-methyl/N-ethyl adjacent to an activating group) is 1. The van der Waals surface area contributed by atoms with Crippen LogP contribution in [0.3, 0.4) is 0 Å². The van der Waals surface area contributed by atoms with Crippen LogP contribution in [0, 0.1) is 0 Å². The molecule has 128 valence electrons. The number of pyridine rings is 1. The standard InChI is InChI=1S/C16H23N7S/c1-3-4-5-10-18-11-12(19-10)14(17)20-15-13(11)24-16(21-15)23-8-6-22(2)7-9-23/h3-9H2,1-2H3,(H2,17,20)(H,18,19). The fraction of sp³-hybridized carbons (Fsp3) is 0.562. The van der Waals surface area contributed by atoms with Crippen molar-refractivity contribution in [3.63, 3.8) is 0 Å². The summed E-state index contributed by atoms with van der Waals surface area (Å²) in [5.74, 6) is 1.45. The molecule has 1 fully saturated rings. The third-order valence-electron chi connectivity index (χ3n) is 4.59. The van der Waals surface area contributed by atoms with Crippen LogP contribution in [0.2, 0.25) is 0 Å². The van der Waals surface area contributed by atoms with Crippen molar-refractivity contribution in [1.29, 1.82) is 0 Å². The number of fused-ring (bicyclic) bond motifs is 3. The lowest BCUT2D eigenvalue weighted by molar-refractivity contribution is 0.313. The number of nitrogen functional groups attached to an aromatic ring is 1. The minimum Gasteiger partial charge on any atom is -0.382 e. The number of nitrogens with one attached hydrogen (secondary N) is 1. The first-order chi connectivity index (χ1) is 11.7. The van der Waals surface area contributed by atoms with Crippen LogP contribution in [-0.2, 0) is 6.42 Å². The van der Waals surface area contributed by atoms with Gasteiger partial charge >= 0.3 is 0 Å². The van der Waals surface area contributed by atoms with Crippen molar-refractivity contribution in [1.82, 2.24) is 24.8 Å². The summed E-state index contributed by atoms with van der Waals surface area (Å²) in [6, 6.07) is 0. The van der Waals surface area contributed by atoms with Crippen LogP contribution in [-0.4, -0.2) is 58.1 Å². The molecule has 0 aromatic carbocycles. The van der Waals surface area contributed by atoms with Gasteiger partial charge in [0.25, 0.3) is 0 Å². The molecule has 0 spiro atoms. The molecule has 0 radical (unpaired) electrons. The number of hydrogen-bond acceptors (Lipinski definition) is 7. The molecule has 0 atom stereocenters. The zero-order valence-electron chi connectivity index (χ0n) is 14.2. The van der Waals surface area contributed by atoms with Gasteiger partial charge in [0.1, 0.15) is 16.0 Å². The predicted molar refractivity (Wildman–Crippen MR) is 99.8 cm³/mol. The van der Waals surface area contributed by atoms with E-state index < -0.39 is 0 Å². The Morgan fingerprint density at radius 1 is 1.17 bits per heavy atom. The molecule has 0 aliphatic carbocycles. The first-order valence-corrected chi connectivity index (χ1v) is 9.35. The number of rotatable bonds is 4. The topological polar surface area (TPSA) is 87.0 Å². The Morgan fingerprint density at radius 3 is 2.71 bits per heavy atom. The molecule has 3 aromatic heterocycles. The van der Waals surface area contributed by atoms with E-state index in [1.165, 1.54) is 0 Å². The highest BCUT2D eigenvalue weighted by Gasteiger charge is 2.21. The molecule has 0 saturated carbocycles. The lowest BCUT2D eigenvalue weighted by Crippen LogP contribution is -2.44. The van der Waals surface area contributed by atoms with Gasteiger partial charge in [-0.05, 0) is 13.5 Å². The monoisotopic (exact) mass is 345 g/mol. The van der Waals surface area contributed by atoms with E-state index in [1.54, 1.807) is 11.3 Å². The molecule has 7 nitrogen and oxygen atoms in total. The maximum Gasteiger partial charge on any atom is 0.188 e. The van der Waals surface area contributed by atoms with Crippen LogP contribution < -0.4 is 10.6 Å². The Labute approximate surface area is 144 Å². The van der Waals surface area contributed by atoms with E-state index in [0.717, 1.165) is 77.8 Å². The molecule has 4 heterocycles. The summed E-state index contributed by atoms with van der Waals surface area (Å²) in [7, 11) is 2.16. The molecule has 1 aliphatic heterocycles. The number of aromatic amines is 1. The van der Waals surface area contributed by atoms with E-state index in [9.17, 15) is 0 Å². The molecule has 24 heavy (non-hydrogen) atoms. The van der Waals surface area contributed by atoms with Gasteiger partial charge in [-0.1, -0.05) is 24.7 Å². The lowest BCUT2D eigenvalue weighted by atomic mass is 10.2. The number of unbranched alkanes of at least 4 members (excludes halogenated alkanes) is 1. The van der Waals surface area contributed by atoms with Crippen LogP contribution in [0.5, 0.6) is 0 Å². The highest BCUT2D eigenvalue weighted by molar-refractivity contribution is 7.23. The number of nitrogens with two attached hydrogens (primary N) is 1. The molecule has 1 saturated heterocycles. The van der Waals surface area contributed by atoms with Gasteiger partial charge in [0, 0.05) is 32.6 Å². The largest absolute Gasteiger partial charge is 0.382 e. The summed E-state index contributed by atoms with van der Waals surface area (Å²) in [5.41, 5.74) is 8.61. The summed E-state index contributed by atoms with van der Waals surface area (Å²) in [6.45, 7) is 6.31. The molecule has 1 aliphatic rings. The molecule has 8 heteroatoms. The van der Waals surface area contributed by atoms with Crippen LogP contribution in [0.15, 0.2) is 0 Å². The maximum atomic E-state index is 6.12. The van der Waals surface area contributed by atoms with E-state index in [1.807, 2.05) is 0 Å². The lowest BCUT2D eigenvalue weighted by Gasteiger charge is -2.31. The number of imidazole rings is 1. The van der Waals surface area contributed by atoms with Gasteiger partial charge < -0.3 is 20.5 Å². The molecule has 3 N–H and O–H groups in total. The minimum absolute atomic E-state index is 0.465. The van der Waals surface area contributed by atoms with Crippen molar-refractivity contribution in [2.45, 2.75) is 26.2 Å². The van der Waals surface area contributed by atoms with Crippen molar-refractivity contribution in [2.24, 2.45) is 0 Å². The fourth-order valence-corrected chi connectivity index (χ4v) is 4.13. The van der Waals surface area contributed by atoms with Gasteiger partial charge in [-0.2, -0.15) is 4.98 Å². The molecule has 0 amide bonds. The van der Waals surface area contributed by atoms with Crippen LogP contribution in [0.1, 0.15) is 25.6 Å². The fourth-order valence-electron chi connectivity index (χ4n) is 3.07. The zero-order valence-corrected chi connectivity index (χ0v) is 15.0. The Balaban J connectivity index is 1.75. The SMILES string of the molecule is CCCCc1nc2c(N)nc3nc(N4CCN(C)CC4)sc3c2[nH]1. The Hall–Kier alpha value is -1.93. The first-order valence-electron chi connectivity index (χ1n) is 8.53. The summed E-state index contributed by atoms with van der Waals surface area (Å²) in [6.07, 6.45) is 3.20. The Bertz CT molecular complexity index is 860. The number of piperazine rings is 1. The van der Waals surface area contributed by atoms with Gasteiger partial charge in [0.05, 0.1) is 5.52 Å². The third kappa shape index (κ3) is 2.69. The predicted octanol–water partition coefficient (Wildman–Crippen LogP) is 2.24. The summed E-state index contributed by atoms with van der Waals surface area (Å²) >= 11 is 1.69. The van der Waals surface area contributed by atoms with E-state index in [4.69, 9.17) is 10.7 Å². The number of hydrogen-bond donors (Lipinski definition) is 2. The second-order valence-electron chi connectivity index (χ2n) is 6.45. The minimum atomic E-state index is 0.465.